The molecule has 3 nitrogen and oxygen atoms in total. The summed E-state index contributed by atoms with van der Waals surface area (Å²) in [6.07, 6.45) is 4.53. The van der Waals surface area contributed by atoms with Crippen molar-refractivity contribution in [3.05, 3.63) is 24.2 Å². The van der Waals surface area contributed by atoms with Gasteiger partial charge in [-0.15, -0.1) is 11.8 Å². The largest absolute Gasteiger partial charge is 0.495 e. The zero-order valence-electron chi connectivity index (χ0n) is 14.4. The number of aliphatic imine (C=N–C) groups is 1. The maximum Gasteiger partial charge on any atom is 0.248 e. The van der Waals surface area contributed by atoms with Crippen molar-refractivity contribution in [2.45, 2.75) is 51.6 Å². The molecule has 0 spiro atoms. The first kappa shape index (κ1) is 17.8. The van der Waals surface area contributed by atoms with E-state index in [2.05, 4.69) is 11.5 Å². The van der Waals surface area contributed by atoms with Crippen molar-refractivity contribution in [1.82, 2.24) is 4.90 Å². The van der Waals surface area contributed by atoms with Crippen molar-refractivity contribution in [2.75, 3.05) is 18.8 Å². The van der Waals surface area contributed by atoms with Gasteiger partial charge in [-0.2, -0.15) is 0 Å². The predicted molar refractivity (Wildman–Crippen MR) is 95.3 cm³/mol. The number of hydrogen-bond acceptors (Lipinski definition) is 4. The van der Waals surface area contributed by atoms with Gasteiger partial charge in [-0.1, -0.05) is 6.58 Å². The summed E-state index contributed by atoms with van der Waals surface area (Å²) in [4.78, 5) is 7.14. The van der Waals surface area contributed by atoms with Gasteiger partial charge in [0.05, 0.1) is 30.1 Å². The molecule has 0 atom stereocenters. The Morgan fingerprint density at radius 3 is 2.54 bits per heavy atom. The van der Waals surface area contributed by atoms with E-state index in [9.17, 15) is 8.78 Å². The average Bonchev–Trinajstić information content (AvgIpc) is 2.50. The van der Waals surface area contributed by atoms with E-state index in [1.807, 2.05) is 6.92 Å². The van der Waals surface area contributed by atoms with Crippen LogP contribution in [0, 0.1) is 11.8 Å². The van der Waals surface area contributed by atoms with E-state index in [0.717, 1.165) is 49.3 Å². The van der Waals surface area contributed by atoms with E-state index in [0.29, 0.717) is 18.8 Å². The quantitative estimate of drug-likeness (QED) is 0.669. The Bertz CT molecular complexity index is 542. The second-order valence-corrected chi connectivity index (χ2v) is 8.25. The topological polar surface area (TPSA) is 24.8 Å². The Kier molecular flexibility index (Phi) is 5.23. The molecule has 0 unspecified atom stereocenters. The van der Waals surface area contributed by atoms with Crippen molar-refractivity contribution in [1.29, 1.82) is 0 Å². The zero-order chi connectivity index (χ0) is 17.3. The molecule has 1 saturated carbocycles. The minimum absolute atomic E-state index is 0.211. The molecule has 0 bridgehead atoms. The lowest BCUT2D eigenvalue weighted by molar-refractivity contribution is -0.0565. The number of allylic oxidation sites excluding steroid dienone is 1. The highest BCUT2D eigenvalue weighted by Gasteiger charge is 2.39. The van der Waals surface area contributed by atoms with Gasteiger partial charge in [-0.3, -0.25) is 0 Å². The molecule has 3 aliphatic rings. The molecule has 0 aromatic rings. The molecule has 0 N–H and O–H groups in total. The monoisotopic (exact) mass is 356 g/mol. The van der Waals surface area contributed by atoms with Crippen molar-refractivity contribution in [2.24, 2.45) is 16.8 Å². The van der Waals surface area contributed by atoms with Crippen LogP contribution in [0.25, 0.3) is 0 Å². The number of alkyl halides is 2. The predicted octanol–water partition coefficient (Wildman–Crippen LogP) is 4.67. The van der Waals surface area contributed by atoms with Crippen LogP contribution in [0.5, 0.6) is 0 Å². The van der Waals surface area contributed by atoms with Gasteiger partial charge in [-0.25, -0.2) is 13.8 Å². The van der Waals surface area contributed by atoms with Crippen LogP contribution in [0.4, 0.5) is 8.78 Å². The van der Waals surface area contributed by atoms with E-state index in [4.69, 9.17) is 9.73 Å². The van der Waals surface area contributed by atoms with Gasteiger partial charge in [0.15, 0.2) is 0 Å². The first-order valence-electron chi connectivity index (χ1n) is 8.68. The second-order valence-electron chi connectivity index (χ2n) is 7.09. The Morgan fingerprint density at radius 2 is 1.96 bits per heavy atom. The third-order valence-corrected chi connectivity index (χ3v) is 6.27. The van der Waals surface area contributed by atoms with E-state index < -0.39 is 11.8 Å². The maximum absolute atomic E-state index is 13.6. The summed E-state index contributed by atoms with van der Waals surface area (Å²) in [6.45, 7) is 8.42. The Hall–Kier alpha value is -1.04. The number of hydrogen-bond donors (Lipinski definition) is 0. The molecule has 0 amide bonds. The van der Waals surface area contributed by atoms with Gasteiger partial charge in [0.1, 0.15) is 6.10 Å². The SMILES string of the molecule is C=COC1CN(C2=C(C3CCC(C(C)(F)F)CC3)N=C(C)SC2)C1. The van der Waals surface area contributed by atoms with Gasteiger partial charge in [0, 0.05) is 23.3 Å². The first-order chi connectivity index (χ1) is 11.4. The lowest BCUT2D eigenvalue weighted by atomic mass is 9.77. The summed E-state index contributed by atoms with van der Waals surface area (Å²) in [6, 6.07) is 0. The van der Waals surface area contributed by atoms with Gasteiger partial charge < -0.3 is 9.64 Å². The average molecular weight is 356 g/mol. The van der Waals surface area contributed by atoms with Crippen LogP contribution in [0.15, 0.2) is 29.2 Å². The van der Waals surface area contributed by atoms with Crippen LogP contribution < -0.4 is 0 Å². The molecule has 2 aliphatic heterocycles. The zero-order valence-corrected chi connectivity index (χ0v) is 15.2. The van der Waals surface area contributed by atoms with Crippen molar-refractivity contribution in [3.63, 3.8) is 0 Å². The molecule has 24 heavy (non-hydrogen) atoms. The highest BCUT2D eigenvalue weighted by molar-refractivity contribution is 8.14. The van der Waals surface area contributed by atoms with Gasteiger partial charge in [0.25, 0.3) is 0 Å². The maximum atomic E-state index is 13.6. The molecule has 3 rings (SSSR count). The third kappa shape index (κ3) is 3.79. The Labute approximate surface area is 147 Å². The fourth-order valence-corrected chi connectivity index (χ4v) is 4.69. The van der Waals surface area contributed by atoms with E-state index in [1.54, 1.807) is 11.8 Å². The summed E-state index contributed by atoms with van der Waals surface area (Å²) < 4.78 is 32.5. The number of thioether (sulfide) groups is 1. The molecule has 2 heterocycles. The van der Waals surface area contributed by atoms with E-state index >= 15 is 0 Å². The number of nitrogens with zero attached hydrogens (tertiary/aromatic N) is 2. The molecule has 0 aromatic carbocycles. The third-order valence-electron chi connectivity index (χ3n) is 5.34. The smallest absolute Gasteiger partial charge is 0.248 e. The highest BCUT2D eigenvalue weighted by Crippen LogP contribution is 2.43. The summed E-state index contributed by atoms with van der Waals surface area (Å²) in [5, 5.41) is 1.08. The molecule has 0 radical (unpaired) electrons. The van der Waals surface area contributed by atoms with Crippen molar-refractivity contribution < 1.29 is 13.5 Å². The fraction of sp³-hybridized carbons (Fsp3) is 0.722. The number of likely N-dealkylation sites (tertiary alicyclic amines) is 1. The van der Waals surface area contributed by atoms with Crippen LogP contribution in [0.3, 0.4) is 0 Å². The van der Waals surface area contributed by atoms with E-state index in [1.165, 1.54) is 12.0 Å². The van der Waals surface area contributed by atoms with Crippen LogP contribution in [-0.2, 0) is 4.74 Å². The molecule has 6 heteroatoms. The van der Waals surface area contributed by atoms with Gasteiger partial charge >= 0.3 is 0 Å². The molecule has 0 aromatic heterocycles. The molecular weight excluding hydrogens is 330 g/mol. The molecule has 2 fully saturated rings. The fourth-order valence-electron chi connectivity index (χ4n) is 3.85. The summed E-state index contributed by atoms with van der Waals surface area (Å²) in [7, 11) is 0. The van der Waals surface area contributed by atoms with Crippen molar-refractivity contribution >= 4 is 16.8 Å². The minimum atomic E-state index is -2.56. The summed E-state index contributed by atoms with van der Waals surface area (Å²) in [5.74, 6) is -1.80. The molecule has 134 valence electrons. The summed E-state index contributed by atoms with van der Waals surface area (Å²) in [5.41, 5.74) is 2.42. The Morgan fingerprint density at radius 1 is 1.29 bits per heavy atom. The first-order valence-corrected chi connectivity index (χ1v) is 9.67. The normalized spacial score (nSPS) is 29.2. The number of halogens is 2. The molecular formula is C18H26F2N2OS. The lowest BCUT2D eigenvalue weighted by Gasteiger charge is -2.44. The Balaban J connectivity index is 1.70. The van der Waals surface area contributed by atoms with E-state index in [-0.39, 0.29) is 6.10 Å². The van der Waals surface area contributed by atoms with Gasteiger partial charge in [0.2, 0.25) is 5.92 Å². The van der Waals surface area contributed by atoms with Crippen molar-refractivity contribution in [3.8, 4) is 0 Å². The van der Waals surface area contributed by atoms with Crippen LogP contribution in [-0.4, -0.2) is 40.8 Å². The number of rotatable bonds is 5. The molecule has 1 saturated heterocycles. The standard InChI is InChI=1S/C18H26F2N2OS/c1-4-23-15-9-22(10-15)16-11-24-12(2)21-17(16)13-5-7-14(8-6-13)18(3,19)20/h4,13-15H,1,5-11H2,2-3H3. The highest BCUT2D eigenvalue weighted by atomic mass is 32.2. The number of ether oxygens (including phenoxy) is 1. The van der Waals surface area contributed by atoms with Gasteiger partial charge in [-0.05, 0) is 39.5 Å². The van der Waals surface area contributed by atoms with Crippen LogP contribution in [0.1, 0.15) is 39.5 Å². The summed E-state index contributed by atoms with van der Waals surface area (Å²) >= 11 is 1.76. The van der Waals surface area contributed by atoms with Crippen LogP contribution >= 0.6 is 11.8 Å². The minimum Gasteiger partial charge on any atom is -0.495 e. The van der Waals surface area contributed by atoms with Crippen LogP contribution in [0.2, 0.25) is 0 Å². The lowest BCUT2D eigenvalue weighted by Crippen LogP contribution is -2.52. The molecule has 1 aliphatic carbocycles. The second kappa shape index (κ2) is 7.06.